The van der Waals surface area contributed by atoms with Crippen molar-refractivity contribution >= 4 is 11.1 Å². The van der Waals surface area contributed by atoms with E-state index in [0.29, 0.717) is 22.1 Å². The number of benzene rings is 4. The molecule has 0 heterocycles. The summed E-state index contributed by atoms with van der Waals surface area (Å²) in [5, 5.41) is 0. The zero-order valence-electron chi connectivity index (χ0n) is 19.8. The van der Waals surface area contributed by atoms with Crippen molar-refractivity contribution in [1.29, 1.82) is 0 Å². The van der Waals surface area contributed by atoms with Crippen LogP contribution in [0.4, 0.5) is 0 Å². The van der Waals surface area contributed by atoms with E-state index in [1.165, 1.54) is 16.7 Å². The summed E-state index contributed by atoms with van der Waals surface area (Å²) in [5.41, 5.74) is 3.64. The predicted molar refractivity (Wildman–Crippen MR) is 136 cm³/mol. The maximum atomic E-state index is 12.4. The van der Waals surface area contributed by atoms with Crippen LogP contribution in [0.2, 0.25) is 0 Å². The Morgan fingerprint density at radius 2 is 1.06 bits per heavy atom. The first-order chi connectivity index (χ1) is 16.3. The summed E-state index contributed by atoms with van der Waals surface area (Å²) in [4.78, 5) is 0.565. The molecule has 174 valence electrons. The summed E-state index contributed by atoms with van der Waals surface area (Å²) in [6, 6.07) is 30.8. The largest absolute Gasteiger partial charge is 0.497 e. The first kappa shape index (κ1) is 23.6. The quantitative estimate of drug-likeness (QED) is 0.271. The zero-order chi connectivity index (χ0) is 24.1. The Kier molecular flexibility index (Phi) is 7.03. The normalized spacial score (nSPS) is 12.1. The monoisotopic (exact) mass is 472 g/mol. The molecule has 1 unspecified atom stereocenters. The Labute approximate surface area is 203 Å². The van der Waals surface area contributed by atoms with Crippen LogP contribution in [-0.2, 0) is 16.5 Å². The third kappa shape index (κ3) is 5.49. The molecule has 0 fully saturated rings. The summed E-state index contributed by atoms with van der Waals surface area (Å²) >= 11 is -1.61. The molecule has 0 saturated carbocycles. The van der Waals surface area contributed by atoms with Crippen molar-refractivity contribution in [1.82, 2.24) is 0 Å². The van der Waals surface area contributed by atoms with Gasteiger partial charge >= 0.3 is 0 Å². The van der Waals surface area contributed by atoms with Crippen LogP contribution < -0.4 is 13.7 Å². The molecule has 0 radical (unpaired) electrons. The lowest BCUT2D eigenvalue weighted by atomic mass is 9.78. The minimum atomic E-state index is -1.61. The highest BCUT2D eigenvalue weighted by molar-refractivity contribution is 7.80. The van der Waals surface area contributed by atoms with E-state index < -0.39 is 11.1 Å². The van der Waals surface area contributed by atoms with E-state index in [9.17, 15) is 4.21 Å². The number of hydrogen-bond acceptors (Lipinski definition) is 4. The molecule has 0 aliphatic carbocycles. The van der Waals surface area contributed by atoms with Crippen LogP contribution in [0, 0.1) is 6.92 Å². The van der Waals surface area contributed by atoms with Crippen molar-refractivity contribution in [3.8, 4) is 23.0 Å². The topological polar surface area (TPSA) is 44.8 Å². The fourth-order valence-corrected chi connectivity index (χ4v) is 4.34. The first-order valence-corrected chi connectivity index (χ1v) is 12.1. The second-order valence-corrected chi connectivity index (χ2v) is 9.69. The molecule has 0 aliphatic heterocycles. The molecule has 1 atom stereocenters. The molecule has 4 nitrogen and oxygen atoms in total. The van der Waals surface area contributed by atoms with Gasteiger partial charge in [-0.2, -0.15) is 0 Å². The van der Waals surface area contributed by atoms with E-state index in [-0.39, 0.29) is 5.41 Å². The van der Waals surface area contributed by atoms with Crippen LogP contribution in [0.5, 0.6) is 23.0 Å². The van der Waals surface area contributed by atoms with E-state index in [1.54, 1.807) is 55.6 Å². The molecule has 5 heteroatoms. The number of ether oxygens (including phenoxy) is 2. The van der Waals surface area contributed by atoms with Crippen molar-refractivity contribution in [3.05, 3.63) is 114 Å². The highest BCUT2D eigenvalue weighted by Gasteiger charge is 2.22. The van der Waals surface area contributed by atoms with Crippen molar-refractivity contribution < 1.29 is 17.9 Å². The van der Waals surface area contributed by atoms with Crippen molar-refractivity contribution in [2.75, 3.05) is 7.11 Å². The van der Waals surface area contributed by atoms with Crippen LogP contribution in [0.15, 0.2) is 102 Å². The fraction of sp³-hybridized carbons (Fsp3) is 0.172. The van der Waals surface area contributed by atoms with E-state index in [0.717, 1.165) is 5.75 Å². The molecule has 0 aliphatic rings. The molecule has 4 rings (SSSR count). The Bertz CT molecular complexity index is 1240. The van der Waals surface area contributed by atoms with Gasteiger partial charge in [-0.15, -0.1) is 0 Å². The molecule has 4 aromatic carbocycles. The smallest absolute Gasteiger partial charge is 0.240 e. The van der Waals surface area contributed by atoms with Crippen molar-refractivity contribution in [2.24, 2.45) is 0 Å². The van der Waals surface area contributed by atoms with Gasteiger partial charge in [0, 0.05) is 5.41 Å². The van der Waals surface area contributed by atoms with Crippen LogP contribution in [0.3, 0.4) is 0 Å². The molecular formula is C29H28O4S. The minimum Gasteiger partial charge on any atom is -0.497 e. The number of hydrogen-bond donors (Lipinski definition) is 0. The van der Waals surface area contributed by atoms with Crippen LogP contribution >= 0.6 is 0 Å². The van der Waals surface area contributed by atoms with E-state index in [4.69, 9.17) is 13.7 Å². The molecule has 0 aromatic heterocycles. The maximum Gasteiger partial charge on any atom is 0.240 e. The van der Waals surface area contributed by atoms with Gasteiger partial charge in [-0.1, -0.05) is 55.8 Å². The van der Waals surface area contributed by atoms with Crippen molar-refractivity contribution in [3.63, 3.8) is 0 Å². The molecule has 0 saturated heterocycles. The maximum absolute atomic E-state index is 12.4. The lowest BCUT2D eigenvalue weighted by molar-refractivity contribution is 0.414. The van der Waals surface area contributed by atoms with Gasteiger partial charge in [0.2, 0.25) is 11.1 Å². The van der Waals surface area contributed by atoms with Gasteiger partial charge in [-0.25, -0.2) is 4.21 Å². The van der Waals surface area contributed by atoms with E-state index >= 15 is 0 Å². The highest BCUT2D eigenvalue weighted by atomic mass is 32.2. The second kappa shape index (κ2) is 10.1. The molecule has 34 heavy (non-hydrogen) atoms. The highest BCUT2D eigenvalue weighted by Crippen LogP contribution is 2.33. The Morgan fingerprint density at radius 1 is 0.618 bits per heavy atom. The summed E-state index contributed by atoms with van der Waals surface area (Å²) in [6.07, 6.45) is 0. The SMILES string of the molecule is COc1ccc(S(=O)Oc2ccc(Oc3ccc(C(C)(C)c4ccc(C)cc4)cc3)cc2)cc1. The van der Waals surface area contributed by atoms with Crippen LogP contribution in [-0.4, -0.2) is 11.3 Å². The molecule has 0 amide bonds. The van der Waals surface area contributed by atoms with Gasteiger partial charge in [-0.3, -0.25) is 0 Å². The number of rotatable bonds is 8. The second-order valence-electron chi connectivity index (χ2n) is 8.58. The summed E-state index contributed by atoms with van der Waals surface area (Å²) in [7, 11) is 1.59. The van der Waals surface area contributed by atoms with Gasteiger partial charge in [0.05, 0.1) is 12.0 Å². The minimum absolute atomic E-state index is 0.106. The molecule has 4 aromatic rings. The molecule has 0 N–H and O–H groups in total. The van der Waals surface area contributed by atoms with Gasteiger partial charge in [0.25, 0.3) is 0 Å². The lowest BCUT2D eigenvalue weighted by Gasteiger charge is -2.26. The predicted octanol–water partition coefficient (Wildman–Crippen LogP) is 7.22. The average molecular weight is 473 g/mol. The third-order valence-corrected chi connectivity index (χ3v) is 6.83. The Balaban J connectivity index is 1.39. The van der Waals surface area contributed by atoms with Crippen LogP contribution in [0.25, 0.3) is 0 Å². The average Bonchev–Trinajstić information content (AvgIpc) is 2.86. The molecular weight excluding hydrogens is 444 g/mol. The van der Waals surface area contributed by atoms with Gasteiger partial charge in [0.15, 0.2) is 0 Å². The molecule has 0 bridgehead atoms. The van der Waals surface area contributed by atoms with Crippen LogP contribution in [0.1, 0.15) is 30.5 Å². The fourth-order valence-electron chi connectivity index (χ4n) is 3.60. The Hall–Kier alpha value is -3.57. The lowest BCUT2D eigenvalue weighted by Crippen LogP contribution is -2.18. The van der Waals surface area contributed by atoms with Gasteiger partial charge < -0.3 is 13.7 Å². The standard InChI is InChI=1S/C29H28O4S/c1-21-5-7-22(8-6-21)29(2,3)23-9-11-25(12-10-23)32-26-13-15-27(16-14-26)33-34(30)28-19-17-24(31-4)18-20-28/h5-20H,1-4H3. The number of aryl methyl sites for hydroxylation is 1. The summed E-state index contributed by atoms with van der Waals surface area (Å²) < 4.78 is 29.1. The third-order valence-electron chi connectivity index (χ3n) is 5.83. The first-order valence-electron chi connectivity index (χ1n) is 11.0. The van der Waals surface area contributed by atoms with E-state index in [2.05, 4.69) is 57.2 Å². The van der Waals surface area contributed by atoms with Gasteiger partial charge in [0.1, 0.15) is 23.0 Å². The number of methoxy groups -OCH3 is 1. The van der Waals surface area contributed by atoms with Crippen molar-refractivity contribution in [2.45, 2.75) is 31.1 Å². The summed E-state index contributed by atoms with van der Waals surface area (Å²) in [5.74, 6) is 2.62. The van der Waals surface area contributed by atoms with Gasteiger partial charge in [-0.05, 0) is 78.7 Å². The summed E-state index contributed by atoms with van der Waals surface area (Å²) in [6.45, 7) is 6.55. The zero-order valence-corrected chi connectivity index (χ0v) is 20.6. The Morgan fingerprint density at radius 3 is 1.59 bits per heavy atom. The van der Waals surface area contributed by atoms with E-state index in [1.807, 2.05) is 12.1 Å². The molecule has 0 spiro atoms.